The molecule has 3 unspecified atom stereocenters. The van der Waals surface area contributed by atoms with Gasteiger partial charge in [-0.2, -0.15) is 0 Å². The molecule has 2 heterocycles. The normalized spacial score (nSPS) is 31.3. The number of amides is 3. The summed E-state index contributed by atoms with van der Waals surface area (Å²) in [7, 11) is 0. The number of hydrogen-bond acceptors (Lipinski definition) is 3. The number of carbonyl (C=O) groups excluding carboxylic acids is 2. The van der Waals surface area contributed by atoms with Crippen molar-refractivity contribution in [3.8, 4) is 0 Å². The third kappa shape index (κ3) is 2.55. The van der Waals surface area contributed by atoms with Gasteiger partial charge in [0.1, 0.15) is 0 Å². The summed E-state index contributed by atoms with van der Waals surface area (Å²) < 4.78 is 0. The van der Waals surface area contributed by atoms with E-state index in [0.717, 1.165) is 0 Å². The molecule has 2 fully saturated rings. The highest BCUT2D eigenvalue weighted by atomic mass is 16.4. The number of carboxylic acids is 1. The van der Waals surface area contributed by atoms with Crippen LogP contribution >= 0.6 is 0 Å². The molecule has 2 rings (SSSR count). The molecular formula is C11H17N3O4. The van der Waals surface area contributed by atoms with Crippen molar-refractivity contribution in [2.24, 2.45) is 11.8 Å². The van der Waals surface area contributed by atoms with Gasteiger partial charge in [0, 0.05) is 26.1 Å². The Morgan fingerprint density at radius 1 is 1.44 bits per heavy atom. The van der Waals surface area contributed by atoms with Gasteiger partial charge in [0.25, 0.3) is 0 Å². The molecular weight excluding hydrogens is 238 g/mol. The molecule has 100 valence electrons. The molecule has 0 aromatic heterocycles. The van der Waals surface area contributed by atoms with Crippen LogP contribution in [0.5, 0.6) is 0 Å². The molecule has 0 aromatic carbocycles. The van der Waals surface area contributed by atoms with Crippen LogP contribution in [-0.4, -0.2) is 53.6 Å². The van der Waals surface area contributed by atoms with Gasteiger partial charge in [-0.05, 0) is 5.92 Å². The van der Waals surface area contributed by atoms with E-state index in [0.29, 0.717) is 13.1 Å². The minimum Gasteiger partial charge on any atom is -0.481 e. The Hall–Kier alpha value is -1.79. The maximum atomic E-state index is 11.9. The van der Waals surface area contributed by atoms with Crippen molar-refractivity contribution >= 4 is 17.9 Å². The number of carbonyl (C=O) groups is 3. The molecule has 0 saturated carbocycles. The lowest BCUT2D eigenvalue weighted by Gasteiger charge is -2.19. The first kappa shape index (κ1) is 12.7. The quantitative estimate of drug-likeness (QED) is 0.604. The van der Waals surface area contributed by atoms with Crippen LogP contribution in [0.2, 0.25) is 0 Å². The maximum Gasteiger partial charge on any atom is 0.317 e. The summed E-state index contributed by atoms with van der Waals surface area (Å²) >= 11 is 0. The highest BCUT2D eigenvalue weighted by molar-refractivity contribution is 5.82. The number of nitrogens with one attached hydrogen (secondary N) is 2. The van der Waals surface area contributed by atoms with Crippen molar-refractivity contribution in [2.45, 2.75) is 19.4 Å². The summed E-state index contributed by atoms with van der Waals surface area (Å²) in [5.74, 6) is -1.48. The molecule has 18 heavy (non-hydrogen) atoms. The van der Waals surface area contributed by atoms with Crippen molar-refractivity contribution in [2.75, 3.05) is 19.6 Å². The van der Waals surface area contributed by atoms with Crippen molar-refractivity contribution in [3.63, 3.8) is 0 Å². The van der Waals surface area contributed by atoms with Crippen LogP contribution in [0.25, 0.3) is 0 Å². The minimum atomic E-state index is -0.865. The topological polar surface area (TPSA) is 98.7 Å². The number of aliphatic carboxylic acids is 1. The van der Waals surface area contributed by atoms with Crippen LogP contribution < -0.4 is 10.6 Å². The van der Waals surface area contributed by atoms with E-state index in [1.54, 1.807) is 0 Å². The summed E-state index contributed by atoms with van der Waals surface area (Å²) in [5.41, 5.74) is 0. The van der Waals surface area contributed by atoms with E-state index in [4.69, 9.17) is 5.11 Å². The van der Waals surface area contributed by atoms with Gasteiger partial charge < -0.3 is 20.6 Å². The molecule has 0 spiro atoms. The number of likely N-dealkylation sites (tertiary alicyclic amines) is 1. The zero-order chi connectivity index (χ0) is 13.3. The van der Waals surface area contributed by atoms with Gasteiger partial charge in [-0.3, -0.25) is 9.59 Å². The van der Waals surface area contributed by atoms with Crippen LogP contribution in [-0.2, 0) is 9.59 Å². The molecule has 7 nitrogen and oxygen atoms in total. The fourth-order valence-electron chi connectivity index (χ4n) is 2.43. The van der Waals surface area contributed by atoms with Crippen LogP contribution in [0.1, 0.15) is 13.3 Å². The monoisotopic (exact) mass is 255 g/mol. The Morgan fingerprint density at radius 3 is 2.67 bits per heavy atom. The molecule has 3 N–H and O–H groups in total. The summed E-state index contributed by atoms with van der Waals surface area (Å²) in [6.07, 6.45) is 0.289. The van der Waals surface area contributed by atoms with Gasteiger partial charge in [0.05, 0.1) is 12.0 Å². The highest BCUT2D eigenvalue weighted by Crippen LogP contribution is 2.23. The lowest BCUT2D eigenvalue weighted by Crippen LogP contribution is -2.45. The number of nitrogens with zero attached hydrogens (tertiary/aromatic N) is 1. The largest absolute Gasteiger partial charge is 0.481 e. The Labute approximate surface area is 105 Å². The number of urea groups is 1. The van der Waals surface area contributed by atoms with Crippen molar-refractivity contribution < 1.29 is 19.5 Å². The molecule has 0 aromatic rings. The number of carboxylic acid groups (broad SMARTS) is 1. The van der Waals surface area contributed by atoms with E-state index in [1.807, 2.05) is 6.92 Å². The van der Waals surface area contributed by atoms with Crippen molar-refractivity contribution in [3.05, 3.63) is 0 Å². The molecule has 3 amide bonds. The van der Waals surface area contributed by atoms with E-state index >= 15 is 0 Å². The molecule has 3 atom stereocenters. The molecule has 2 saturated heterocycles. The third-order valence-corrected chi connectivity index (χ3v) is 3.52. The fraction of sp³-hybridized carbons (Fsp3) is 0.727. The zero-order valence-corrected chi connectivity index (χ0v) is 10.2. The Bertz CT molecular complexity index is 384. The minimum absolute atomic E-state index is 0.0448. The first-order chi connectivity index (χ1) is 8.47. The van der Waals surface area contributed by atoms with Crippen molar-refractivity contribution in [1.82, 2.24) is 15.5 Å². The van der Waals surface area contributed by atoms with E-state index in [9.17, 15) is 14.4 Å². The van der Waals surface area contributed by atoms with E-state index in [-0.39, 0.29) is 36.9 Å². The first-order valence-electron chi connectivity index (χ1n) is 6.02. The predicted molar refractivity (Wildman–Crippen MR) is 61.8 cm³/mol. The Morgan fingerprint density at radius 2 is 2.17 bits per heavy atom. The molecule has 0 bridgehead atoms. The van der Waals surface area contributed by atoms with E-state index in [2.05, 4.69) is 10.6 Å². The lowest BCUT2D eigenvalue weighted by molar-refractivity contribution is -0.142. The Kier molecular flexibility index (Phi) is 3.40. The second-order valence-electron chi connectivity index (χ2n) is 4.98. The predicted octanol–water partition coefficient (Wildman–Crippen LogP) is -0.763. The average Bonchev–Trinajstić information content (AvgIpc) is 2.85. The summed E-state index contributed by atoms with van der Waals surface area (Å²) in [6, 6.07) is -0.476. The van der Waals surface area contributed by atoms with Gasteiger partial charge in [-0.25, -0.2) is 4.79 Å². The number of rotatable bonds is 2. The van der Waals surface area contributed by atoms with E-state index in [1.165, 1.54) is 4.90 Å². The van der Waals surface area contributed by atoms with Gasteiger partial charge in [-0.1, -0.05) is 6.92 Å². The fourth-order valence-corrected chi connectivity index (χ4v) is 2.43. The van der Waals surface area contributed by atoms with Gasteiger partial charge in [-0.15, -0.1) is 0 Å². The second-order valence-corrected chi connectivity index (χ2v) is 4.98. The average molecular weight is 255 g/mol. The molecule has 2 aliphatic heterocycles. The highest BCUT2D eigenvalue weighted by Gasteiger charge is 2.37. The summed E-state index contributed by atoms with van der Waals surface area (Å²) in [6.45, 7) is 2.94. The third-order valence-electron chi connectivity index (χ3n) is 3.52. The molecule has 7 heteroatoms. The summed E-state index contributed by atoms with van der Waals surface area (Å²) in [5, 5.41) is 14.4. The molecule has 0 radical (unpaired) electrons. The van der Waals surface area contributed by atoms with Crippen LogP contribution in [0.15, 0.2) is 0 Å². The van der Waals surface area contributed by atoms with E-state index < -0.39 is 11.9 Å². The van der Waals surface area contributed by atoms with Crippen LogP contribution in [0, 0.1) is 11.8 Å². The van der Waals surface area contributed by atoms with Crippen LogP contribution in [0.4, 0.5) is 4.79 Å². The van der Waals surface area contributed by atoms with Gasteiger partial charge in [0.2, 0.25) is 5.91 Å². The lowest BCUT2D eigenvalue weighted by atomic mass is 9.99. The smallest absolute Gasteiger partial charge is 0.317 e. The van der Waals surface area contributed by atoms with Crippen molar-refractivity contribution in [1.29, 1.82) is 0 Å². The van der Waals surface area contributed by atoms with Gasteiger partial charge in [0.15, 0.2) is 0 Å². The first-order valence-corrected chi connectivity index (χ1v) is 6.02. The Balaban J connectivity index is 1.87. The molecule has 0 aliphatic carbocycles. The SMILES string of the molecule is CC1CN(C(=O)NC2CNC(=O)C2)CC1C(=O)O. The summed E-state index contributed by atoms with van der Waals surface area (Å²) in [4.78, 5) is 35.4. The number of hydrogen-bond donors (Lipinski definition) is 3. The van der Waals surface area contributed by atoms with Crippen LogP contribution in [0.3, 0.4) is 0 Å². The van der Waals surface area contributed by atoms with Gasteiger partial charge >= 0.3 is 12.0 Å². The standard InChI is InChI=1S/C11H17N3O4/c1-6-4-14(5-8(6)10(16)17)11(18)13-7-2-9(15)12-3-7/h6-8H,2-5H2,1H3,(H,12,15)(H,13,18)(H,16,17). The zero-order valence-electron chi connectivity index (χ0n) is 10.2. The second kappa shape index (κ2) is 4.83. The molecule has 2 aliphatic rings. The maximum absolute atomic E-state index is 11.9.